The Hall–Kier alpha value is -3.14. The second-order valence-corrected chi connectivity index (χ2v) is 9.24. The van der Waals surface area contributed by atoms with Crippen molar-refractivity contribution >= 4 is 29.9 Å². The maximum atomic E-state index is 13.3. The summed E-state index contributed by atoms with van der Waals surface area (Å²) >= 11 is 0. The van der Waals surface area contributed by atoms with Crippen LogP contribution in [-0.2, 0) is 20.8 Å². The summed E-state index contributed by atoms with van der Waals surface area (Å²) in [6.45, 7) is 0.649. The van der Waals surface area contributed by atoms with Crippen LogP contribution >= 0.6 is 0 Å². The number of hydrogen-bond acceptors (Lipinski definition) is 6. The van der Waals surface area contributed by atoms with Gasteiger partial charge in [0.25, 0.3) is 5.91 Å². The Morgan fingerprint density at radius 1 is 1.15 bits per heavy atom. The number of rotatable bonds is 10. The van der Waals surface area contributed by atoms with Crippen molar-refractivity contribution in [2.24, 2.45) is 11.8 Å². The smallest absolute Gasteiger partial charge is 0.321 e. The van der Waals surface area contributed by atoms with Crippen LogP contribution in [0.1, 0.15) is 50.5 Å². The van der Waals surface area contributed by atoms with E-state index in [1.807, 2.05) is 12.1 Å². The number of urea groups is 1. The number of nitrogens with two attached hydrogens (primary N) is 1. The van der Waals surface area contributed by atoms with Crippen LogP contribution in [0.15, 0.2) is 24.3 Å². The molecule has 10 heteroatoms. The number of amides is 5. The number of nitrogens with one attached hydrogen (secondary N) is 2. The third kappa shape index (κ3) is 7.18. The van der Waals surface area contributed by atoms with Crippen molar-refractivity contribution in [3.63, 3.8) is 0 Å². The molecular weight excluding hydrogens is 438 g/mol. The van der Waals surface area contributed by atoms with Gasteiger partial charge in [0.15, 0.2) is 0 Å². The van der Waals surface area contributed by atoms with E-state index in [4.69, 9.17) is 5.73 Å². The van der Waals surface area contributed by atoms with Gasteiger partial charge in [0, 0.05) is 18.8 Å². The number of carbonyl (C=O) groups is 4. The lowest BCUT2D eigenvalue weighted by Crippen LogP contribution is -2.52. The molecule has 5 amide bonds. The molecule has 34 heavy (non-hydrogen) atoms. The molecule has 0 spiro atoms. The summed E-state index contributed by atoms with van der Waals surface area (Å²) in [6.07, 6.45) is 6.84. The molecule has 0 bridgehead atoms. The van der Waals surface area contributed by atoms with Crippen LogP contribution in [0.2, 0.25) is 0 Å². The molecule has 10 nitrogen and oxygen atoms in total. The van der Waals surface area contributed by atoms with E-state index in [-0.39, 0.29) is 18.9 Å². The molecule has 1 heterocycles. The Kier molecular flexibility index (Phi) is 9.26. The summed E-state index contributed by atoms with van der Waals surface area (Å²) in [4.78, 5) is 50.8. The molecule has 1 aromatic rings. The molecule has 1 saturated heterocycles. The molecule has 1 aliphatic heterocycles. The number of imide groups is 1. The number of likely N-dealkylation sites (tertiary alicyclic amines) is 1. The van der Waals surface area contributed by atoms with Crippen molar-refractivity contribution in [3.05, 3.63) is 29.8 Å². The van der Waals surface area contributed by atoms with Gasteiger partial charge in [0.1, 0.15) is 6.04 Å². The summed E-state index contributed by atoms with van der Waals surface area (Å²) < 4.78 is 0. The summed E-state index contributed by atoms with van der Waals surface area (Å²) in [5.74, 6) is -0.989. The Morgan fingerprint density at radius 2 is 1.85 bits per heavy atom. The number of carbonyl (C=O) groups excluding carboxylic acids is 4. The summed E-state index contributed by atoms with van der Waals surface area (Å²) in [6, 6.07) is 5.98. The van der Waals surface area contributed by atoms with Gasteiger partial charge in [-0.2, -0.15) is 0 Å². The molecule has 2 aliphatic rings. The fourth-order valence-corrected chi connectivity index (χ4v) is 4.95. The standard InChI is InChI=1S/C24H35N5O5/c25-20-9-7-17(8-10-20)11-12-26-24(33)27-22(31)21-6-3-13-29(21)23(32)19(15-28(34)16-30)14-18-4-1-2-5-18/h7-10,16,18-19,21,34H,1-6,11-15,25H2,(H2,26,27,31,33)/t19-,21+/m1/s1. The van der Waals surface area contributed by atoms with E-state index in [2.05, 4.69) is 10.6 Å². The van der Waals surface area contributed by atoms with E-state index >= 15 is 0 Å². The van der Waals surface area contributed by atoms with Crippen molar-refractivity contribution in [2.45, 2.75) is 57.4 Å². The van der Waals surface area contributed by atoms with Crippen LogP contribution in [0, 0.1) is 11.8 Å². The molecule has 5 N–H and O–H groups in total. The van der Waals surface area contributed by atoms with Crippen molar-refractivity contribution in [1.82, 2.24) is 20.6 Å². The van der Waals surface area contributed by atoms with Gasteiger partial charge < -0.3 is 16.0 Å². The minimum Gasteiger partial charge on any atom is -0.399 e. The lowest BCUT2D eigenvalue weighted by Gasteiger charge is -2.30. The van der Waals surface area contributed by atoms with Gasteiger partial charge in [0.05, 0.1) is 12.5 Å². The van der Waals surface area contributed by atoms with E-state index in [0.29, 0.717) is 55.4 Å². The van der Waals surface area contributed by atoms with Crippen LogP contribution in [0.4, 0.5) is 10.5 Å². The van der Waals surface area contributed by atoms with Crippen LogP contribution in [0.25, 0.3) is 0 Å². The number of nitrogens with zero attached hydrogens (tertiary/aromatic N) is 2. The monoisotopic (exact) mass is 473 g/mol. The number of hydrogen-bond donors (Lipinski definition) is 4. The zero-order valence-electron chi connectivity index (χ0n) is 19.4. The maximum Gasteiger partial charge on any atom is 0.321 e. The van der Waals surface area contributed by atoms with Crippen molar-refractivity contribution in [3.8, 4) is 0 Å². The van der Waals surface area contributed by atoms with Gasteiger partial charge in [-0.3, -0.25) is 24.9 Å². The zero-order chi connectivity index (χ0) is 24.5. The van der Waals surface area contributed by atoms with E-state index in [1.54, 1.807) is 12.1 Å². The average Bonchev–Trinajstić information content (AvgIpc) is 3.51. The van der Waals surface area contributed by atoms with Crippen LogP contribution in [0.3, 0.4) is 0 Å². The molecule has 1 aromatic carbocycles. The highest BCUT2D eigenvalue weighted by molar-refractivity contribution is 5.99. The van der Waals surface area contributed by atoms with Crippen LogP contribution < -0.4 is 16.4 Å². The van der Waals surface area contributed by atoms with E-state index in [1.165, 1.54) is 4.90 Å². The first-order valence-corrected chi connectivity index (χ1v) is 12.0. The second kappa shape index (κ2) is 12.4. The molecule has 0 unspecified atom stereocenters. The van der Waals surface area contributed by atoms with Crippen molar-refractivity contribution in [1.29, 1.82) is 0 Å². The molecule has 2 fully saturated rings. The summed E-state index contributed by atoms with van der Waals surface area (Å²) in [7, 11) is 0. The fraction of sp³-hybridized carbons (Fsp3) is 0.583. The van der Waals surface area contributed by atoms with Gasteiger partial charge in [0.2, 0.25) is 12.3 Å². The quantitative estimate of drug-likeness (QED) is 0.176. The van der Waals surface area contributed by atoms with Gasteiger partial charge in [-0.25, -0.2) is 9.86 Å². The topological polar surface area (TPSA) is 145 Å². The molecule has 0 radical (unpaired) electrons. The molecular formula is C24H35N5O5. The normalized spacial score (nSPS) is 19.0. The first-order chi connectivity index (χ1) is 16.4. The van der Waals surface area contributed by atoms with Gasteiger partial charge in [-0.15, -0.1) is 0 Å². The average molecular weight is 474 g/mol. The minimum absolute atomic E-state index is 0.102. The SMILES string of the molecule is Nc1ccc(CCNC(=O)NC(=O)[C@@H]2CCCN2C(=O)[C@H](CC2CCCC2)CN(O)C=O)cc1. The summed E-state index contributed by atoms with van der Waals surface area (Å²) in [5, 5.41) is 15.2. The van der Waals surface area contributed by atoms with Gasteiger partial charge in [-0.05, 0) is 49.3 Å². The van der Waals surface area contributed by atoms with Gasteiger partial charge >= 0.3 is 6.03 Å². The first kappa shape index (κ1) is 25.5. The van der Waals surface area contributed by atoms with Crippen molar-refractivity contribution < 1.29 is 24.4 Å². The third-order valence-corrected chi connectivity index (χ3v) is 6.73. The first-order valence-electron chi connectivity index (χ1n) is 12.0. The molecule has 2 atom stereocenters. The Balaban J connectivity index is 1.53. The highest BCUT2D eigenvalue weighted by atomic mass is 16.5. The van der Waals surface area contributed by atoms with Crippen LogP contribution in [0.5, 0.6) is 0 Å². The van der Waals surface area contributed by atoms with E-state index < -0.39 is 23.9 Å². The highest BCUT2D eigenvalue weighted by Crippen LogP contribution is 2.32. The Bertz CT molecular complexity index is 856. The predicted molar refractivity (Wildman–Crippen MR) is 125 cm³/mol. The highest BCUT2D eigenvalue weighted by Gasteiger charge is 2.39. The van der Waals surface area contributed by atoms with Crippen LogP contribution in [-0.4, -0.2) is 65.1 Å². The Morgan fingerprint density at radius 3 is 2.53 bits per heavy atom. The number of benzene rings is 1. The van der Waals surface area contributed by atoms with Gasteiger partial charge in [-0.1, -0.05) is 37.8 Å². The lowest BCUT2D eigenvalue weighted by molar-refractivity contribution is -0.158. The number of anilines is 1. The molecule has 1 saturated carbocycles. The largest absolute Gasteiger partial charge is 0.399 e. The summed E-state index contributed by atoms with van der Waals surface area (Å²) in [5.41, 5.74) is 7.34. The number of hydroxylamine groups is 2. The third-order valence-electron chi connectivity index (χ3n) is 6.73. The number of nitrogen functional groups attached to an aromatic ring is 1. The second-order valence-electron chi connectivity index (χ2n) is 9.24. The lowest BCUT2D eigenvalue weighted by atomic mass is 9.91. The maximum absolute atomic E-state index is 13.3. The molecule has 1 aliphatic carbocycles. The minimum atomic E-state index is -0.746. The molecule has 0 aromatic heterocycles. The fourth-order valence-electron chi connectivity index (χ4n) is 4.95. The Labute approximate surface area is 199 Å². The van der Waals surface area contributed by atoms with E-state index in [9.17, 15) is 24.4 Å². The predicted octanol–water partition coefficient (Wildman–Crippen LogP) is 1.67. The van der Waals surface area contributed by atoms with E-state index in [0.717, 1.165) is 31.2 Å². The molecule has 186 valence electrons. The molecule has 3 rings (SSSR count). The zero-order valence-corrected chi connectivity index (χ0v) is 19.4. The van der Waals surface area contributed by atoms with Crippen molar-refractivity contribution in [2.75, 3.05) is 25.4 Å².